The van der Waals surface area contributed by atoms with Crippen LogP contribution >= 0.6 is 0 Å². The molecule has 4 N–H and O–H groups in total. The van der Waals surface area contributed by atoms with Gasteiger partial charge < -0.3 is 16.0 Å². The number of nitrogens with two attached hydrogens (primary N) is 1. The Morgan fingerprint density at radius 2 is 2.55 bits per heavy atom. The van der Waals surface area contributed by atoms with Crippen molar-refractivity contribution in [3.8, 4) is 0 Å². The molecular formula is C6H10N4O. The molecule has 0 aromatic carbocycles. The number of H-pyrrole nitrogens is 1. The quantitative estimate of drug-likeness (QED) is 0.550. The van der Waals surface area contributed by atoms with Gasteiger partial charge in [-0.1, -0.05) is 0 Å². The van der Waals surface area contributed by atoms with Gasteiger partial charge in [0.1, 0.15) is 5.69 Å². The third-order valence-electron chi connectivity index (χ3n) is 1.24. The Hall–Kier alpha value is -1.52. The van der Waals surface area contributed by atoms with E-state index in [9.17, 15) is 4.79 Å². The summed E-state index contributed by atoms with van der Waals surface area (Å²) in [5.74, 6) is 0.232. The zero-order valence-electron chi connectivity index (χ0n) is 6.22. The lowest BCUT2D eigenvalue weighted by molar-refractivity contribution is 1.10. The van der Waals surface area contributed by atoms with Crippen LogP contribution in [0, 0.1) is 0 Å². The largest absolute Gasteiger partial charge is 0.382 e. The number of aromatic nitrogens is 2. The van der Waals surface area contributed by atoms with E-state index in [0.717, 1.165) is 0 Å². The summed E-state index contributed by atoms with van der Waals surface area (Å²) in [6.07, 6.45) is 1.28. The van der Waals surface area contributed by atoms with Crippen molar-refractivity contribution in [2.24, 2.45) is 0 Å². The minimum absolute atomic E-state index is 0.232. The predicted octanol–water partition coefficient (Wildman–Crippen LogP) is -0.216. The van der Waals surface area contributed by atoms with Crippen LogP contribution in [0.2, 0.25) is 0 Å². The first-order valence-electron chi connectivity index (χ1n) is 3.32. The maximum Gasteiger partial charge on any atom is 0.276 e. The molecule has 5 nitrogen and oxygen atoms in total. The first-order chi connectivity index (χ1) is 5.25. The molecule has 0 radical (unpaired) electrons. The Morgan fingerprint density at radius 3 is 3.09 bits per heavy atom. The zero-order valence-corrected chi connectivity index (χ0v) is 6.22. The van der Waals surface area contributed by atoms with E-state index in [2.05, 4.69) is 15.3 Å². The standard InChI is InChI=1S/C6H10N4O/c1-2-8-4-5(7)9-3-10-6(4)11/h3,8H,2H2,1H3,(H3,7,9,10,11). The van der Waals surface area contributed by atoms with Crippen molar-refractivity contribution in [3.63, 3.8) is 0 Å². The van der Waals surface area contributed by atoms with Gasteiger partial charge in [-0.15, -0.1) is 0 Å². The molecule has 0 fully saturated rings. The smallest absolute Gasteiger partial charge is 0.276 e. The van der Waals surface area contributed by atoms with E-state index in [-0.39, 0.29) is 11.4 Å². The molecule has 0 bridgehead atoms. The van der Waals surface area contributed by atoms with E-state index in [1.165, 1.54) is 6.33 Å². The third kappa shape index (κ3) is 1.49. The molecule has 5 heteroatoms. The Balaban J connectivity index is 3.10. The molecule has 1 aromatic rings. The summed E-state index contributed by atoms with van der Waals surface area (Å²) in [5.41, 5.74) is 5.52. The van der Waals surface area contributed by atoms with Crippen molar-refractivity contribution in [1.82, 2.24) is 9.97 Å². The van der Waals surface area contributed by atoms with E-state index in [1.54, 1.807) is 0 Å². The molecule has 1 rings (SSSR count). The van der Waals surface area contributed by atoms with Crippen LogP contribution in [0.25, 0.3) is 0 Å². The topological polar surface area (TPSA) is 83.8 Å². The summed E-state index contributed by atoms with van der Waals surface area (Å²) >= 11 is 0. The Labute approximate surface area is 63.7 Å². The monoisotopic (exact) mass is 154 g/mol. The molecule has 0 atom stereocenters. The van der Waals surface area contributed by atoms with Crippen LogP contribution in [0.4, 0.5) is 11.5 Å². The summed E-state index contributed by atoms with van der Waals surface area (Å²) in [6.45, 7) is 2.53. The lowest BCUT2D eigenvalue weighted by Gasteiger charge is -2.02. The molecule has 0 saturated carbocycles. The number of rotatable bonds is 2. The lowest BCUT2D eigenvalue weighted by atomic mass is 10.4. The summed E-state index contributed by atoms with van der Waals surface area (Å²) < 4.78 is 0. The fourth-order valence-corrected chi connectivity index (χ4v) is 0.761. The Kier molecular flexibility index (Phi) is 2.10. The molecule has 11 heavy (non-hydrogen) atoms. The maximum absolute atomic E-state index is 11.0. The summed E-state index contributed by atoms with van der Waals surface area (Å²) in [6, 6.07) is 0. The number of anilines is 2. The highest BCUT2D eigenvalue weighted by molar-refractivity contribution is 5.59. The van der Waals surface area contributed by atoms with Crippen LogP contribution in [-0.4, -0.2) is 16.5 Å². The molecule has 0 aliphatic rings. The van der Waals surface area contributed by atoms with Crippen LogP contribution in [0.3, 0.4) is 0 Å². The summed E-state index contributed by atoms with van der Waals surface area (Å²) in [7, 11) is 0. The number of aromatic amines is 1. The van der Waals surface area contributed by atoms with Crippen molar-refractivity contribution in [1.29, 1.82) is 0 Å². The summed E-state index contributed by atoms with van der Waals surface area (Å²) in [5, 5.41) is 2.81. The molecule has 1 heterocycles. The van der Waals surface area contributed by atoms with Gasteiger partial charge in [0.05, 0.1) is 6.33 Å². The first-order valence-corrected chi connectivity index (χ1v) is 3.32. The Bertz CT molecular complexity index is 293. The van der Waals surface area contributed by atoms with E-state index >= 15 is 0 Å². The van der Waals surface area contributed by atoms with Gasteiger partial charge in [-0.3, -0.25) is 4.79 Å². The number of nitrogens with zero attached hydrogens (tertiary/aromatic N) is 1. The highest BCUT2D eigenvalue weighted by atomic mass is 16.1. The predicted molar refractivity (Wildman–Crippen MR) is 43.4 cm³/mol. The van der Waals surface area contributed by atoms with Crippen molar-refractivity contribution in [3.05, 3.63) is 16.7 Å². The number of hydrogen-bond donors (Lipinski definition) is 3. The van der Waals surface area contributed by atoms with Crippen molar-refractivity contribution < 1.29 is 0 Å². The van der Waals surface area contributed by atoms with Crippen LogP contribution in [-0.2, 0) is 0 Å². The highest BCUT2D eigenvalue weighted by Gasteiger charge is 2.01. The molecular weight excluding hydrogens is 144 g/mol. The van der Waals surface area contributed by atoms with Crippen LogP contribution in [0.5, 0.6) is 0 Å². The normalized spacial score (nSPS) is 9.55. The minimum atomic E-state index is -0.237. The molecule has 0 unspecified atom stereocenters. The van der Waals surface area contributed by atoms with Gasteiger partial charge in [-0.2, -0.15) is 0 Å². The van der Waals surface area contributed by atoms with E-state index in [4.69, 9.17) is 5.73 Å². The minimum Gasteiger partial charge on any atom is -0.382 e. The Morgan fingerprint density at radius 1 is 1.82 bits per heavy atom. The van der Waals surface area contributed by atoms with Crippen molar-refractivity contribution in [2.75, 3.05) is 17.6 Å². The lowest BCUT2D eigenvalue weighted by Crippen LogP contribution is -2.16. The van der Waals surface area contributed by atoms with Crippen molar-refractivity contribution in [2.45, 2.75) is 6.92 Å². The second-order valence-electron chi connectivity index (χ2n) is 2.02. The number of hydrogen-bond acceptors (Lipinski definition) is 4. The molecule has 60 valence electrons. The molecule has 0 aliphatic heterocycles. The van der Waals surface area contributed by atoms with Crippen LogP contribution in [0.1, 0.15) is 6.92 Å². The van der Waals surface area contributed by atoms with Gasteiger partial charge in [0.15, 0.2) is 5.82 Å². The van der Waals surface area contributed by atoms with Gasteiger partial charge >= 0.3 is 0 Å². The van der Waals surface area contributed by atoms with E-state index < -0.39 is 0 Å². The SMILES string of the molecule is CCNc1c(N)nc[nH]c1=O. The molecule has 0 saturated heterocycles. The number of nitrogens with one attached hydrogen (secondary N) is 2. The fourth-order valence-electron chi connectivity index (χ4n) is 0.761. The third-order valence-corrected chi connectivity index (χ3v) is 1.24. The summed E-state index contributed by atoms with van der Waals surface area (Å²) in [4.78, 5) is 17.1. The molecule has 0 amide bonds. The van der Waals surface area contributed by atoms with Gasteiger partial charge in [0.2, 0.25) is 0 Å². The second-order valence-corrected chi connectivity index (χ2v) is 2.02. The molecule has 0 spiro atoms. The average molecular weight is 154 g/mol. The molecule has 1 aromatic heterocycles. The van der Waals surface area contributed by atoms with Gasteiger partial charge in [-0.25, -0.2) is 4.98 Å². The average Bonchev–Trinajstić information content (AvgIpc) is 1.97. The molecule has 0 aliphatic carbocycles. The zero-order chi connectivity index (χ0) is 8.27. The number of nitrogen functional groups attached to an aromatic ring is 1. The maximum atomic E-state index is 11.0. The van der Waals surface area contributed by atoms with E-state index in [1.807, 2.05) is 6.92 Å². The second kappa shape index (κ2) is 3.05. The van der Waals surface area contributed by atoms with Gasteiger partial charge in [0.25, 0.3) is 5.56 Å². The van der Waals surface area contributed by atoms with Gasteiger partial charge in [-0.05, 0) is 6.92 Å². The van der Waals surface area contributed by atoms with E-state index in [0.29, 0.717) is 12.2 Å². The highest BCUT2D eigenvalue weighted by Crippen LogP contribution is 2.04. The first kappa shape index (κ1) is 7.59. The van der Waals surface area contributed by atoms with Crippen molar-refractivity contribution >= 4 is 11.5 Å². The van der Waals surface area contributed by atoms with Crippen LogP contribution < -0.4 is 16.6 Å². The van der Waals surface area contributed by atoms with Gasteiger partial charge in [0, 0.05) is 6.54 Å². The fraction of sp³-hybridized carbons (Fsp3) is 0.333. The van der Waals surface area contributed by atoms with Crippen LogP contribution in [0.15, 0.2) is 11.1 Å².